The molecule has 0 atom stereocenters. The van der Waals surface area contributed by atoms with Crippen LogP contribution in [0.4, 0.5) is 10.1 Å². The van der Waals surface area contributed by atoms with Gasteiger partial charge in [0.25, 0.3) is 0 Å². The number of halogens is 1. The lowest BCUT2D eigenvalue weighted by Gasteiger charge is -2.16. The second kappa shape index (κ2) is 7.69. The molecule has 3 rings (SSSR count). The number of carbonyl (C=O) groups excluding carboxylic acids is 1. The average Bonchev–Trinajstić information content (AvgIpc) is 2.64. The monoisotopic (exact) mass is 336 g/mol. The van der Waals surface area contributed by atoms with E-state index in [1.807, 2.05) is 6.08 Å². The largest absolute Gasteiger partial charge is 0.326 e. The van der Waals surface area contributed by atoms with Gasteiger partial charge in [-0.2, -0.15) is 5.26 Å². The topological polar surface area (TPSA) is 77.8 Å². The van der Waals surface area contributed by atoms with Crippen molar-refractivity contribution in [3.05, 3.63) is 65.2 Å². The first-order valence-electron chi connectivity index (χ1n) is 8.01. The van der Waals surface area contributed by atoms with Crippen LogP contribution in [0.15, 0.2) is 42.6 Å². The van der Waals surface area contributed by atoms with Crippen molar-refractivity contribution < 1.29 is 9.18 Å². The number of hydrogen-bond donors (Lipinski definition) is 2. The molecule has 0 saturated carbocycles. The molecule has 1 aromatic carbocycles. The smallest absolute Gasteiger partial charge is 0.228 e. The number of nitrogens with zero attached hydrogens (tertiary/aromatic N) is 2. The number of hydrogen-bond acceptors (Lipinski definition) is 4. The van der Waals surface area contributed by atoms with Crippen molar-refractivity contribution in [2.75, 3.05) is 18.4 Å². The van der Waals surface area contributed by atoms with Gasteiger partial charge in [-0.25, -0.2) is 4.39 Å². The lowest BCUT2D eigenvalue weighted by Crippen LogP contribution is -2.21. The van der Waals surface area contributed by atoms with Gasteiger partial charge in [-0.05, 0) is 54.4 Å². The number of benzene rings is 1. The van der Waals surface area contributed by atoms with Gasteiger partial charge in [0.15, 0.2) is 0 Å². The molecule has 6 heteroatoms. The Hall–Kier alpha value is -3.04. The van der Waals surface area contributed by atoms with Crippen LogP contribution in [0.2, 0.25) is 0 Å². The Kier molecular flexibility index (Phi) is 5.17. The van der Waals surface area contributed by atoms with Gasteiger partial charge < -0.3 is 10.6 Å². The minimum absolute atomic E-state index is 0.0569. The number of carbonyl (C=O) groups is 1. The van der Waals surface area contributed by atoms with Crippen molar-refractivity contribution in [1.29, 1.82) is 5.26 Å². The van der Waals surface area contributed by atoms with Crippen LogP contribution in [-0.4, -0.2) is 24.0 Å². The predicted octanol–water partition coefficient (Wildman–Crippen LogP) is 2.65. The van der Waals surface area contributed by atoms with Crippen molar-refractivity contribution in [3.63, 3.8) is 0 Å². The van der Waals surface area contributed by atoms with Crippen LogP contribution in [0.5, 0.6) is 0 Å². The Morgan fingerprint density at radius 3 is 2.80 bits per heavy atom. The van der Waals surface area contributed by atoms with E-state index in [9.17, 15) is 14.4 Å². The van der Waals surface area contributed by atoms with Gasteiger partial charge in [0.05, 0.1) is 17.7 Å². The maximum Gasteiger partial charge on any atom is 0.228 e. The van der Waals surface area contributed by atoms with E-state index in [1.165, 1.54) is 24.3 Å². The van der Waals surface area contributed by atoms with Crippen molar-refractivity contribution in [2.24, 2.45) is 0 Å². The molecule has 1 aliphatic heterocycles. The van der Waals surface area contributed by atoms with E-state index in [4.69, 9.17) is 0 Å². The quantitative estimate of drug-likeness (QED) is 0.900. The van der Waals surface area contributed by atoms with Crippen LogP contribution >= 0.6 is 0 Å². The summed E-state index contributed by atoms with van der Waals surface area (Å²) < 4.78 is 12.9. The molecule has 126 valence electrons. The molecule has 1 aliphatic rings. The van der Waals surface area contributed by atoms with Crippen LogP contribution in [0.1, 0.15) is 23.2 Å². The molecule has 0 fully saturated rings. The normalized spacial score (nSPS) is 13.7. The van der Waals surface area contributed by atoms with E-state index >= 15 is 0 Å². The molecule has 0 bridgehead atoms. The second-order valence-corrected chi connectivity index (χ2v) is 5.72. The number of amides is 1. The third kappa shape index (κ3) is 4.08. The van der Waals surface area contributed by atoms with Gasteiger partial charge in [0, 0.05) is 18.4 Å². The van der Waals surface area contributed by atoms with E-state index in [2.05, 4.69) is 21.7 Å². The van der Waals surface area contributed by atoms with Crippen LogP contribution in [0.25, 0.3) is 5.57 Å². The van der Waals surface area contributed by atoms with E-state index < -0.39 is 0 Å². The number of pyridine rings is 1. The second-order valence-electron chi connectivity index (χ2n) is 5.72. The van der Waals surface area contributed by atoms with Crippen LogP contribution in [0.3, 0.4) is 0 Å². The number of rotatable bonds is 4. The molecular weight excluding hydrogens is 319 g/mol. The van der Waals surface area contributed by atoms with Crippen LogP contribution < -0.4 is 10.6 Å². The zero-order valence-electron chi connectivity index (χ0n) is 13.6. The molecule has 2 aromatic rings. The standard InChI is InChI=1S/C19H17FN4O/c20-15-1-3-16(4-2-15)24-18(25)11-14-7-10-23-19(17(14)12-21)13-5-8-22-9-6-13/h1-5,7,10,22H,6,8-9,11H2,(H,24,25). The third-order valence-electron chi connectivity index (χ3n) is 4.00. The number of anilines is 1. The molecule has 1 amide bonds. The number of nitriles is 1. The Morgan fingerprint density at radius 1 is 1.32 bits per heavy atom. The fraction of sp³-hybridized carbons (Fsp3) is 0.211. The first-order valence-corrected chi connectivity index (χ1v) is 8.01. The van der Waals surface area contributed by atoms with Crippen molar-refractivity contribution >= 4 is 17.2 Å². The summed E-state index contributed by atoms with van der Waals surface area (Å²) in [6, 6.07) is 9.43. The highest BCUT2D eigenvalue weighted by Crippen LogP contribution is 2.24. The van der Waals surface area contributed by atoms with E-state index in [0.29, 0.717) is 22.5 Å². The number of aromatic nitrogens is 1. The van der Waals surface area contributed by atoms with Crippen LogP contribution in [-0.2, 0) is 11.2 Å². The molecule has 1 aromatic heterocycles. The third-order valence-corrected chi connectivity index (χ3v) is 4.00. The highest BCUT2D eigenvalue weighted by molar-refractivity contribution is 5.92. The van der Waals surface area contributed by atoms with Crippen LogP contribution in [0, 0.1) is 17.1 Å². The van der Waals surface area contributed by atoms with Gasteiger partial charge >= 0.3 is 0 Å². The summed E-state index contributed by atoms with van der Waals surface area (Å²) in [5.74, 6) is -0.627. The first kappa shape index (κ1) is 16.8. The molecule has 2 N–H and O–H groups in total. The summed E-state index contributed by atoms with van der Waals surface area (Å²) in [6.45, 7) is 1.59. The Morgan fingerprint density at radius 2 is 2.12 bits per heavy atom. The van der Waals surface area contributed by atoms with E-state index in [-0.39, 0.29) is 18.1 Å². The molecule has 0 spiro atoms. The van der Waals surface area contributed by atoms with Crippen molar-refractivity contribution in [1.82, 2.24) is 10.3 Å². The molecule has 0 radical (unpaired) electrons. The summed E-state index contributed by atoms with van der Waals surface area (Å²) in [6.07, 6.45) is 4.50. The minimum Gasteiger partial charge on any atom is -0.326 e. The molecule has 0 saturated heterocycles. The van der Waals surface area contributed by atoms with Gasteiger partial charge in [-0.15, -0.1) is 0 Å². The molecule has 25 heavy (non-hydrogen) atoms. The minimum atomic E-state index is -0.362. The van der Waals surface area contributed by atoms with Crippen molar-refractivity contribution in [2.45, 2.75) is 12.8 Å². The maximum absolute atomic E-state index is 12.9. The molecule has 0 unspecified atom stereocenters. The fourth-order valence-corrected chi connectivity index (χ4v) is 2.77. The lowest BCUT2D eigenvalue weighted by molar-refractivity contribution is -0.115. The van der Waals surface area contributed by atoms with Gasteiger partial charge in [0.1, 0.15) is 11.9 Å². The highest BCUT2D eigenvalue weighted by Gasteiger charge is 2.17. The Bertz CT molecular complexity index is 853. The summed E-state index contributed by atoms with van der Waals surface area (Å²) in [7, 11) is 0. The van der Waals surface area contributed by atoms with E-state index in [0.717, 1.165) is 25.1 Å². The summed E-state index contributed by atoms with van der Waals surface area (Å²) in [4.78, 5) is 16.6. The summed E-state index contributed by atoms with van der Waals surface area (Å²) >= 11 is 0. The molecule has 0 aliphatic carbocycles. The fourth-order valence-electron chi connectivity index (χ4n) is 2.77. The Balaban J connectivity index is 1.80. The Labute approximate surface area is 145 Å². The van der Waals surface area contributed by atoms with Gasteiger partial charge in [0.2, 0.25) is 5.91 Å². The highest BCUT2D eigenvalue weighted by atomic mass is 19.1. The summed E-state index contributed by atoms with van der Waals surface area (Å²) in [5, 5.41) is 15.5. The average molecular weight is 336 g/mol. The van der Waals surface area contributed by atoms with Crippen molar-refractivity contribution in [3.8, 4) is 6.07 Å². The molecule has 2 heterocycles. The first-order chi connectivity index (χ1) is 12.2. The van der Waals surface area contributed by atoms with E-state index in [1.54, 1.807) is 12.3 Å². The van der Waals surface area contributed by atoms with Gasteiger partial charge in [-0.3, -0.25) is 9.78 Å². The zero-order chi connectivity index (χ0) is 17.6. The SMILES string of the molecule is N#Cc1c(CC(=O)Nc2ccc(F)cc2)ccnc1C1=CCNCC1. The molecular formula is C19H17FN4O. The lowest BCUT2D eigenvalue weighted by atomic mass is 9.96. The maximum atomic E-state index is 12.9. The van der Waals surface area contributed by atoms with Gasteiger partial charge in [-0.1, -0.05) is 6.08 Å². The zero-order valence-corrected chi connectivity index (χ0v) is 13.6. The molecule has 5 nitrogen and oxygen atoms in total. The predicted molar refractivity (Wildman–Crippen MR) is 93.1 cm³/mol. The summed E-state index contributed by atoms with van der Waals surface area (Å²) in [5.41, 5.74) is 3.25. The number of nitrogens with one attached hydrogen (secondary N) is 2.